The molecule has 0 heterocycles. The summed E-state index contributed by atoms with van der Waals surface area (Å²) in [7, 11) is 1.70. The number of carbonyl (C=O) groups is 2. The Hall–Kier alpha value is -1.10. The maximum Gasteiger partial charge on any atom is 0.307 e. The number of carboxylic acid groups (broad SMARTS) is 1. The number of carbonyl (C=O) groups excluding carboxylic acids is 1. The molecule has 0 aromatic rings. The lowest BCUT2D eigenvalue weighted by molar-refractivity contribution is -0.147. The van der Waals surface area contributed by atoms with E-state index >= 15 is 0 Å². The lowest BCUT2D eigenvalue weighted by atomic mass is 9.74. The molecule has 0 aliphatic carbocycles. The van der Waals surface area contributed by atoms with Gasteiger partial charge in [0.2, 0.25) is 5.91 Å². The highest BCUT2D eigenvalue weighted by Gasteiger charge is 2.35. The van der Waals surface area contributed by atoms with Gasteiger partial charge in [-0.1, -0.05) is 27.7 Å². The Balaban J connectivity index is 4.54. The zero-order valence-corrected chi connectivity index (χ0v) is 12.0. The predicted molar refractivity (Wildman–Crippen MR) is 71.3 cm³/mol. The number of hydrogen-bond acceptors (Lipinski definition) is 3. The normalized spacial score (nSPS) is 13.4. The van der Waals surface area contributed by atoms with Crippen LogP contribution in [-0.2, 0) is 9.59 Å². The number of nitrogens with one attached hydrogen (secondary N) is 2. The number of hydrogen-bond donors (Lipinski definition) is 3. The molecule has 0 saturated carbocycles. The van der Waals surface area contributed by atoms with Crippen LogP contribution in [0.3, 0.4) is 0 Å². The van der Waals surface area contributed by atoms with Crippen molar-refractivity contribution in [1.82, 2.24) is 10.6 Å². The molecular weight excluding hydrogens is 232 g/mol. The van der Waals surface area contributed by atoms with E-state index in [1.807, 2.05) is 27.7 Å². The van der Waals surface area contributed by atoms with Gasteiger partial charge in [-0.2, -0.15) is 0 Å². The second-order valence-electron chi connectivity index (χ2n) is 5.82. The molecule has 5 heteroatoms. The van der Waals surface area contributed by atoms with Crippen molar-refractivity contribution < 1.29 is 14.7 Å². The van der Waals surface area contributed by atoms with Crippen molar-refractivity contribution in [3.63, 3.8) is 0 Å². The van der Waals surface area contributed by atoms with E-state index in [-0.39, 0.29) is 12.5 Å². The van der Waals surface area contributed by atoms with E-state index in [1.54, 1.807) is 7.05 Å². The molecule has 0 bridgehead atoms. The molecule has 5 nitrogen and oxygen atoms in total. The van der Waals surface area contributed by atoms with Crippen molar-refractivity contribution in [3.05, 3.63) is 0 Å². The largest absolute Gasteiger partial charge is 0.481 e. The van der Waals surface area contributed by atoms with Crippen LogP contribution in [0.4, 0.5) is 0 Å². The third-order valence-electron chi connectivity index (χ3n) is 3.03. The average Bonchev–Trinajstić information content (AvgIpc) is 2.23. The summed E-state index contributed by atoms with van der Waals surface area (Å²) in [6.07, 6.45) is 0.615. The monoisotopic (exact) mass is 258 g/mol. The minimum atomic E-state index is -0.795. The molecule has 0 aliphatic rings. The van der Waals surface area contributed by atoms with Crippen molar-refractivity contribution in [2.45, 2.75) is 34.1 Å². The lowest BCUT2D eigenvalue weighted by Crippen LogP contribution is -2.44. The fraction of sp³-hybridized carbons (Fsp3) is 0.846. The van der Waals surface area contributed by atoms with E-state index in [4.69, 9.17) is 0 Å². The van der Waals surface area contributed by atoms with Gasteiger partial charge < -0.3 is 15.7 Å². The second-order valence-corrected chi connectivity index (χ2v) is 5.82. The van der Waals surface area contributed by atoms with E-state index in [1.165, 1.54) is 0 Å². The number of amides is 1. The molecule has 1 atom stereocenters. The van der Waals surface area contributed by atoms with Crippen LogP contribution in [0.2, 0.25) is 0 Å². The van der Waals surface area contributed by atoms with Crippen LogP contribution in [0.25, 0.3) is 0 Å². The first-order valence-electron chi connectivity index (χ1n) is 6.34. The fourth-order valence-electron chi connectivity index (χ4n) is 1.90. The van der Waals surface area contributed by atoms with Gasteiger partial charge in [-0.05, 0) is 24.8 Å². The van der Waals surface area contributed by atoms with Gasteiger partial charge in [0, 0.05) is 6.54 Å². The Morgan fingerprint density at radius 2 is 1.83 bits per heavy atom. The van der Waals surface area contributed by atoms with Crippen LogP contribution in [-0.4, -0.2) is 37.1 Å². The fourth-order valence-corrected chi connectivity index (χ4v) is 1.90. The first-order valence-corrected chi connectivity index (χ1v) is 6.34. The van der Waals surface area contributed by atoms with Gasteiger partial charge in [-0.15, -0.1) is 0 Å². The molecule has 106 valence electrons. The summed E-state index contributed by atoms with van der Waals surface area (Å²) in [5, 5.41) is 14.8. The van der Waals surface area contributed by atoms with Gasteiger partial charge >= 0.3 is 5.97 Å². The minimum absolute atomic E-state index is 0.112. The van der Waals surface area contributed by atoms with Crippen molar-refractivity contribution in [3.8, 4) is 0 Å². The second kappa shape index (κ2) is 7.36. The Bertz CT molecular complexity index is 288. The number of likely N-dealkylation sites (N-methyl/N-ethyl adjacent to an activating group) is 1. The molecule has 0 aromatic carbocycles. The number of aliphatic carboxylic acids is 1. The number of carboxylic acids is 1. The Morgan fingerprint density at radius 1 is 1.28 bits per heavy atom. The van der Waals surface area contributed by atoms with Gasteiger partial charge in [-0.3, -0.25) is 9.59 Å². The third kappa shape index (κ3) is 6.00. The van der Waals surface area contributed by atoms with Gasteiger partial charge in [0.25, 0.3) is 0 Å². The van der Waals surface area contributed by atoms with Crippen LogP contribution in [0.15, 0.2) is 0 Å². The molecular formula is C13H26N2O3. The summed E-state index contributed by atoms with van der Waals surface area (Å²) in [6, 6.07) is 0. The van der Waals surface area contributed by atoms with Crippen molar-refractivity contribution >= 4 is 11.9 Å². The molecule has 0 aliphatic heterocycles. The van der Waals surface area contributed by atoms with Crippen LogP contribution in [0, 0.1) is 17.3 Å². The summed E-state index contributed by atoms with van der Waals surface area (Å²) in [5.74, 6) is -1.04. The smallest absolute Gasteiger partial charge is 0.307 e. The first-order chi connectivity index (χ1) is 8.20. The standard InChI is InChI=1S/C13H26N2O3/c1-9(2)6-10(12(17)18)13(3,4)8-15-11(16)7-14-5/h9-10,14H,6-8H2,1-5H3,(H,15,16)(H,17,18). The van der Waals surface area contributed by atoms with Crippen LogP contribution in [0.5, 0.6) is 0 Å². The van der Waals surface area contributed by atoms with E-state index in [0.29, 0.717) is 18.9 Å². The van der Waals surface area contributed by atoms with Gasteiger partial charge in [0.15, 0.2) is 0 Å². The topological polar surface area (TPSA) is 78.4 Å². The highest BCUT2D eigenvalue weighted by Crippen LogP contribution is 2.31. The molecule has 0 aromatic heterocycles. The van der Waals surface area contributed by atoms with Gasteiger partial charge in [-0.25, -0.2) is 0 Å². The van der Waals surface area contributed by atoms with E-state index in [2.05, 4.69) is 10.6 Å². The zero-order valence-electron chi connectivity index (χ0n) is 12.0. The SMILES string of the molecule is CNCC(=O)NCC(C)(C)C(CC(C)C)C(=O)O. The van der Waals surface area contributed by atoms with Crippen molar-refractivity contribution in [1.29, 1.82) is 0 Å². The third-order valence-corrected chi connectivity index (χ3v) is 3.03. The average molecular weight is 258 g/mol. The van der Waals surface area contributed by atoms with Crippen LogP contribution < -0.4 is 10.6 Å². The van der Waals surface area contributed by atoms with E-state index < -0.39 is 17.3 Å². The molecule has 1 unspecified atom stereocenters. The Labute approximate surface area is 109 Å². The summed E-state index contributed by atoms with van der Waals surface area (Å²) in [6.45, 7) is 8.40. The van der Waals surface area contributed by atoms with Crippen LogP contribution in [0.1, 0.15) is 34.1 Å². The minimum Gasteiger partial charge on any atom is -0.481 e. The summed E-state index contributed by atoms with van der Waals surface area (Å²) < 4.78 is 0. The van der Waals surface area contributed by atoms with E-state index in [9.17, 15) is 14.7 Å². The molecule has 0 rings (SSSR count). The molecule has 0 spiro atoms. The summed E-state index contributed by atoms with van der Waals surface area (Å²) in [4.78, 5) is 22.7. The summed E-state index contributed by atoms with van der Waals surface area (Å²) in [5.41, 5.74) is -0.459. The van der Waals surface area contributed by atoms with Crippen LogP contribution >= 0.6 is 0 Å². The quantitative estimate of drug-likeness (QED) is 0.609. The Kier molecular flexibility index (Phi) is 6.91. The predicted octanol–water partition coefficient (Wildman–Crippen LogP) is 1.10. The maximum atomic E-state index is 11.4. The molecule has 0 fully saturated rings. The molecule has 18 heavy (non-hydrogen) atoms. The highest BCUT2D eigenvalue weighted by molar-refractivity contribution is 5.78. The zero-order chi connectivity index (χ0) is 14.3. The highest BCUT2D eigenvalue weighted by atomic mass is 16.4. The molecule has 0 radical (unpaired) electrons. The molecule has 0 saturated heterocycles. The maximum absolute atomic E-state index is 11.4. The lowest BCUT2D eigenvalue weighted by Gasteiger charge is -2.32. The first kappa shape index (κ1) is 16.9. The molecule has 3 N–H and O–H groups in total. The van der Waals surface area contributed by atoms with Gasteiger partial charge in [0.05, 0.1) is 12.5 Å². The number of rotatable bonds is 8. The van der Waals surface area contributed by atoms with E-state index in [0.717, 1.165) is 0 Å². The summed E-state index contributed by atoms with van der Waals surface area (Å²) >= 11 is 0. The van der Waals surface area contributed by atoms with Crippen molar-refractivity contribution in [2.24, 2.45) is 17.3 Å². The molecule has 1 amide bonds. The Morgan fingerprint density at radius 3 is 2.22 bits per heavy atom. The van der Waals surface area contributed by atoms with Gasteiger partial charge in [0.1, 0.15) is 0 Å². The van der Waals surface area contributed by atoms with Crippen molar-refractivity contribution in [2.75, 3.05) is 20.1 Å².